The fourth-order valence-electron chi connectivity index (χ4n) is 1.11. The zero-order chi connectivity index (χ0) is 13.5. The number of carbonyl (C=O) groups excluding carboxylic acids is 1. The van der Waals surface area contributed by atoms with Gasteiger partial charge in [-0.1, -0.05) is 0 Å². The SMILES string of the molecule is CCOc1nc(OC)c(C=O)c(OCC(F)F)n1. The Hall–Kier alpha value is -1.99. The molecule has 100 valence electrons. The Bertz CT molecular complexity index is 415. The number of methoxy groups -OCH3 is 1. The van der Waals surface area contributed by atoms with Gasteiger partial charge in [-0.05, 0) is 6.92 Å². The van der Waals surface area contributed by atoms with Crippen molar-refractivity contribution in [3.63, 3.8) is 0 Å². The normalized spacial score (nSPS) is 10.3. The van der Waals surface area contributed by atoms with Crippen LogP contribution in [0.4, 0.5) is 8.78 Å². The molecular formula is C10H12F2N2O4. The first kappa shape index (κ1) is 14.1. The maximum Gasteiger partial charge on any atom is 0.323 e. The third-order valence-electron chi connectivity index (χ3n) is 1.79. The van der Waals surface area contributed by atoms with Crippen molar-refractivity contribution in [2.45, 2.75) is 13.3 Å². The van der Waals surface area contributed by atoms with Crippen LogP contribution in [0, 0.1) is 0 Å². The van der Waals surface area contributed by atoms with Crippen LogP contribution in [-0.2, 0) is 0 Å². The third kappa shape index (κ3) is 3.51. The summed E-state index contributed by atoms with van der Waals surface area (Å²) in [6, 6.07) is -0.107. The van der Waals surface area contributed by atoms with Crippen molar-refractivity contribution in [1.29, 1.82) is 0 Å². The van der Waals surface area contributed by atoms with Gasteiger partial charge in [-0.25, -0.2) is 8.78 Å². The molecule has 1 aromatic rings. The Morgan fingerprint density at radius 1 is 1.28 bits per heavy atom. The monoisotopic (exact) mass is 262 g/mol. The quantitative estimate of drug-likeness (QED) is 0.690. The van der Waals surface area contributed by atoms with Crippen LogP contribution < -0.4 is 14.2 Å². The number of hydrogen-bond donors (Lipinski definition) is 0. The lowest BCUT2D eigenvalue weighted by Crippen LogP contribution is -2.12. The number of hydrogen-bond acceptors (Lipinski definition) is 6. The number of ether oxygens (including phenoxy) is 3. The molecular weight excluding hydrogens is 250 g/mol. The minimum absolute atomic E-state index is 0.0901. The van der Waals surface area contributed by atoms with Crippen molar-refractivity contribution in [1.82, 2.24) is 9.97 Å². The predicted molar refractivity (Wildman–Crippen MR) is 56.6 cm³/mol. The first-order chi connectivity index (χ1) is 8.62. The van der Waals surface area contributed by atoms with Gasteiger partial charge in [0.25, 0.3) is 6.43 Å². The molecule has 0 aliphatic heterocycles. The van der Waals surface area contributed by atoms with E-state index in [4.69, 9.17) is 14.2 Å². The summed E-state index contributed by atoms with van der Waals surface area (Å²) in [6.07, 6.45) is -2.31. The number of carbonyl (C=O) groups is 1. The minimum atomic E-state index is -2.68. The molecule has 1 heterocycles. The van der Waals surface area contributed by atoms with Gasteiger partial charge in [-0.3, -0.25) is 4.79 Å². The highest BCUT2D eigenvalue weighted by atomic mass is 19.3. The van der Waals surface area contributed by atoms with Crippen LogP contribution in [0.25, 0.3) is 0 Å². The number of rotatable bonds is 7. The van der Waals surface area contributed by atoms with Crippen molar-refractivity contribution in [3.8, 4) is 17.8 Å². The number of alkyl halides is 2. The Kier molecular flexibility index (Phi) is 5.22. The van der Waals surface area contributed by atoms with Gasteiger partial charge in [0.2, 0.25) is 11.8 Å². The molecule has 0 N–H and O–H groups in total. The van der Waals surface area contributed by atoms with Crippen LogP contribution >= 0.6 is 0 Å². The summed E-state index contributed by atoms with van der Waals surface area (Å²) in [7, 11) is 1.28. The third-order valence-corrected chi connectivity index (χ3v) is 1.79. The predicted octanol–water partition coefficient (Wildman–Crippen LogP) is 1.34. The Labute approximate surface area is 102 Å². The van der Waals surface area contributed by atoms with Crippen molar-refractivity contribution in [2.24, 2.45) is 0 Å². The highest BCUT2D eigenvalue weighted by Crippen LogP contribution is 2.26. The number of aromatic nitrogens is 2. The topological polar surface area (TPSA) is 70.5 Å². The number of nitrogens with zero attached hydrogens (tertiary/aromatic N) is 2. The van der Waals surface area contributed by atoms with Gasteiger partial charge in [0.05, 0.1) is 13.7 Å². The maximum absolute atomic E-state index is 12.1. The van der Waals surface area contributed by atoms with E-state index in [1.54, 1.807) is 6.92 Å². The second kappa shape index (κ2) is 6.67. The lowest BCUT2D eigenvalue weighted by atomic mass is 10.3. The molecule has 0 unspecified atom stereocenters. The average Bonchev–Trinajstić information content (AvgIpc) is 2.35. The molecule has 1 rings (SSSR count). The highest BCUT2D eigenvalue weighted by Gasteiger charge is 2.18. The molecule has 18 heavy (non-hydrogen) atoms. The Balaban J connectivity index is 3.09. The van der Waals surface area contributed by atoms with Crippen molar-refractivity contribution < 1.29 is 27.8 Å². The Morgan fingerprint density at radius 2 is 1.94 bits per heavy atom. The van der Waals surface area contributed by atoms with Gasteiger partial charge in [0, 0.05) is 0 Å². The second-order valence-electron chi connectivity index (χ2n) is 2.99. The minimum Gasteiger partial charge on any atom is -0.480 e. The van der Waals surface area contributed by atoms with E-state index in [-0.39, 0.29) is 29.9 Å². The second-order valence-corrected chi connectivity index (χ2v) is 2.99. The zero-order valence-corrected chi connectivity index (χ0v) is 9.85. The summed E-state index contributed by atoms with van der Waals surface area (Å²) >= 11 is 0. The molecule has 0 radical (unpaired) electrons. The van der Waals surface area contributed by atoms with E-state index < -0.39 is 13.0 Å². The van der Waals surface area contributed by atoms with Crippen LogP contribution in [0.3, 0.4) is 0 Å². The van der Waals surface area contributed by atoms with Crippen molar-refractivity contribution in [3.05, 3.63) is 5.56 Å². The zero-order valence-electron chi connectivity index (χ0n) is 9.85. The molecule has 8 heteroatoms. The van der Waals surface area contributed by atoms with Gasteiger partial charge in [0.1, 0.15) is 5.56 Å². The molecule has 0 atom stereocenters. The molecule has 0 amide bonds. The molecule has 0 aliphatic carbocycles. The van der Waals surface area contributed by atoms with Gasteiger partial charge in [-0.2, -0.15) is 9.97 Å². The van der Waals surface area contributed by atoms with Crippen LogP contribution in [0.5, 0.6) is 17.8 Å². The molecule has 0 fully saturated rings. The molecule has 0 spiro atoms. The summed E-state index contributed by atoms with van der Waals surface area (Å²) in [5, 5.41) is 0. The summed E-state index contributed by atoms with van der Waals surface area (Å²) in [5.74, 6) is -0.381. The van der Waals surface area contributed by atoms with Crippen molar-refractivity contribution in [2.75, 3.05) is 20.3 Å². The lowest BCUT2D eigenvalue weighted by Gasteiger charge is -2.11. The summed E-state index contributed by atoms with van der Waals surface area (Å²) in [6.45, 7) is 1.09. The summed E-state index contributed by atoms with van der Waals surface area (Å²) in [4.78, 5) is 18.4. The lowest BCUT2D eigenvalue weighted by molar-refractivity contribution is 0.0776. The first-order valence-corrected chi connectivity index (χ1v) is 5.07. The van der Waals surface area contributed by atoms with E-state index in [0.29, 0.717) is 6.29 Å². The number of halogens is 2. The fourth-order valence-corrected chi connectivity index (χ4v) is 1.11. The molecule has 0 bridgehead atoms. The van der Waals surface area contributed by atoms with Crippen LogP contribution in [0.2, 0.25) is 0 Å². The summed E-state index contributed by atoms with van der Waals surface area (Å²) in [5.41, 5.74) is -0.137. The molecule has 6 nitrogen and oxygen atoms in total. The van der Waals surface area contributed by atoms with Crippen LogP contribution in [-0.4, -0.2) is 43.0 Å². The van der Waals surface area contributed by atoms with E-state index in [0.717, 1.165) is 0 Å². The summed E-state index contributed by atoms with van der Waals surface area (Å²) < 4.78 is 38.7. The molecule has 0 aliphatic rings. The van der Waals surface area contributed by atoms with Gasteiger partial charge in [-0.15, -0.1) is 0 Å². The highest BCUT2D eigenvalue weighted by molar-refractivity contribution is 5.81. The fraction of sp³-hybridized carbons (Fsp3) is 0.500. The van der Waals surface area contributed by atoms with Crippen LogP contribution in [0.1, 0.15) is 17.3 Å². The van der Waals surface area contributed by atoms with Gasteiger partial charge < -0.3 is 14.2 Å². The number of aldehydes is 1. The smallest absolute Gasteiger partial charge is 0.323 e. The van der Waals surface area contributed by atoms with E-state index in [9.17, 15) is 13.6 Å². The van der Waals surface area contributed by atoms with Gasteiger partial charge >= 0.3 is 6.01 Å². The first-order valence-electron chi connectivity index (χ1n) is 5.07. The maximum atomic E-state index is 12.1. The largest absolute Gasteiger partial charge is 0.480 e. The molecule has 0 saturated carbocycles. The standard InChI is InChI=1S/C10H12F2N2O4/c1-3-17-10-13-8(16-2)6(4-15)9(14-10)18-5-7(11)12/h4,7H,3,5H2,1-2H3. The van der Waals surface area contributed by atoms with E-state index in [1.165, 1.54) is 7.11 Å². The molecule has 0 saturated heterocycles. The average molecular weight is 262 g/mol. The van der Waals surface area contributed by atoms with E-state index >= 15 is 0 Å². The van der Waals surface area contributed by atoms with E-state index in [1.807, 2.05) is 0 Å². The van der Waals surface area contributed by atoms with Gasteiger partial charge in [0.15, 0.2) is 12.9 Å². The van der Waals surface area contributed by atoms with Crippen LogP contribution in [0.15, 0.2) is 0 Å². The molecule has 0 aromatic carbocycles. The molecule has 1 aromatic heterocycles. The van der Waals surface area contributed by atoms with Crippen molar-refractivity contribution >= 4 is 6.29 Å². The Morgan fingerprint density at radius 3 is 2.44 bits per heavy atom. The van der Waals surface area contributed by atoms with E-state index in [2.05, 4.69) is 9.97 Å².